The molecule has 6 nitrogen and oxygen atoms in total. The fraction of sp³-hybridized carbons (Fsp3) is 0.544. The molecule has 74 heavy (non-hydrogen) atoms. The number of rotatable bonds is 50. The zero-order valence-corrected chi connectivity index (χ0v) is 47.0. The van der Waals surface area contributed by atoms with E-state index in [0.29, 0.717) is 19.3 Å². The molecule has 0 spiro atoms. The maximum Gasteiger partial charge on any atom is 0.306 e. The first-order chi connectivity index (χ1) is 36.5. The van der Waals surface area contributed by atoms with Crippen molar-refractivity contribution in [2.24, 2.45) is 0 Å². The molecule has 0 aliphatic carbocycles. The van der Waals surface area contributed by atoms with Crippen LogP contribution in [0.5, 0.6) is 0 Å². The van der Waals surface area contributed by atoms with E-state index in [2.05, 4.69) is 179 Å². The van der Waals surface area contributed by atoms with Gasteiger partial charge >= 0.3 is 17.9 Å². The molecule has 0 aromatic heterocycles. The van der Waals surface area contributed by atoms with E-state index < -0.39 is 12.1 Å². The van der Waals surface area contributed by atoms with Gasteiger partial charge in [-0.1, -0.05) is 229 Å². The molecule has 0 aliphatic rings. The number of hydrogen-bond acceptors (Lipinski definition) is 6. The Morgan fingerprint density at radius 3 is 0.905 bits per heavy atom. The average Bonchev–Trinajstić information content (AvgIpc) is 3.40. The van der Waals surface area contributed by atoms with Crippen LogP contribution in [0.15, 0.2) is 170 Å². The zero-order valence-electron chi connectivity index (χ0n) is 47.0. The number of ether oxygens (including phenoxy) is 3. The monoisotopic (exact) mass is 1020 g/mol. The lowest BCUT2D eigenvalue weighted by Crippen LogP contribution is -2.30. The van der Waals surface area contributed by atoms with Crippen molar-refractivity contribution in [3.05, 3.63) is 170 Å². The molecule has 0 aromatic carbocycles. The first-order valence-electron chi connectivity index (χ1n) is 29.1. The van der Waals surface area contributed by atoms with Gasteiger partial charge in [-0.05, 0) is 141 Å². The Morgan fingerprint density at radius 1 is 0.284 bits per heavy atom. The van der Waals surface area contributed by atoms with Crippen LogP contribution in [0.2, 0.25) is 0 Å². The van der Waals surface area contributed by atoms with Crippen molar-refractivity contribution in [3.63, 3.8) is 0 Å². The highest BCUT2D eigenvalue weighted by molar-refractivity contribution is 5.71. The first kappa shape index (κ1) is 68.8. The molecule has 0 radical (unpaired) electrons. The molecule has 0 aromatic rings. The molecule has 0 amide bonds. The summed E-state index contributed by atoms with van der Waals surface area (Å²) in [5.74, 6) is -1.07. The summed E-state index contributed by atoms with van der Waals surface area (Å²) < 4.78 is 16.7. The van der Waals surface area contributed by atoms with Crippen LogP contribution in [0.25, 0.3) is 0 Å². The summed E-state index contributed by atoms with van der Waals surface area (Å²) in [6, 6.07) is 0. The van der Waals surface area contributed by atoms with E-state index in [1.54, 1.807) is 0 Å². The summed E-state index contributed by atoms with van der Waals surface area (Å²) in [5, 5.41) is 0. The van der Waals surface area contributed by atoms with Gasteiger partial charge < -0.3 is 14.2 Å². The number of esters is 3. The van der Waals surface area contributed by atoms with Crippen molar-refractivity contribution < 1.29 is 28.6 Å². The van der Waals surface area contributed by atoms with E-state index >= 15 is 0 Å². The molecule has 0 N–H and O–H groups in total. The van der Waals surface area contributed by atoms with E-state index in [0.717, 1.165) is 141 Å². The van der Waals surface area contributed by atoms with Gasteiger partial charge in [0.2, 0.25) is 0 Å². The van der Waals surface area contributed by atoms with Crippen LogP contribution in [0.3, 0.4) is 0 Å². The van der Waals surface area contributed by atoms with E-state index in [-0.39, 0.29) is 31.6 Å². The number of hydrogen-bond donors (Lipinski definition) is 0. The first-order valence-corrected chi connectivity index (χ1v) is 29.1. The van der Waals surface area contributed by atoms with Crippen LogP contribution in [-0.2, 0) is 28.6 Å². The van der Waals surface area contributed by atoms with Gasteiger partial charge in [0.1, 0.15) is 13.2 Å². The minimum Gasteiger partial charge on any atom is -0.462 e. The average molecular weight is 1020 g/mol. The van der Waals surface area contributed by atoms with E-state index in [1.807, 2.05) is 12.2 Å². The summed E-state index contributed by atoms with van der Waals surface area (Å²) in [6.45, 7) is 6.27. The van der Waals surface area contributed by atoms with Crippen molar-refractivity contribution >= 4 is 17.9 Å². The number of allylic oxidation sites excluding steroid dienone is 28. The third-order valence-corrected chi connectivity index (χ3v) is 11.4. The normalized spacial score (nSPS) is 13.4. The van der Waals surface area contributed by atoms with Crippen molar-refractivity contribution in [2.75, 3.05) is 13.2 Å². The molecule has 0 aliphatic heterocycles. The minimum atomic E-state index is -0.845. The molecule has 6 heteroatoms. The number of carbonyl (C=O) groups excluding carboxylic acids is 3. The summed E-state index contributed by atoms with van der Waals surface area (Å²) in [4.78, 5) is 38.1. The lowest BCUT2D eigenvalue weighted by Gasteiger charge is -2.18. The van der Waals surface area contributed by atoms with E-state index in [4.69, 9.17) is 14.2 Å². The fourth-order valence-electron chi connectivity index (χ4n) is 7.15. The second-order valence-corrected chi connectivity index (χ2v) is 18.4. The third-order valence-electron chi connectivity index (χ3n) is 11.4. The predicted octanol–water partition coefficient (Wildman–Crippen LogP) is 19.9. The second-order valence-electron chi connectivity index (χ2n) is 18.4. The van der Waals surface area contributed by atoms with Gasteiger partial charge in [0.15, 0.2) is 6.10 Å². The lowest BCUT2D eigenvalue weighted by atomic mass is 10.1. The highest BCUT2D eigenvalue weighted by Gasteiger charge is 2.19. The lowest BCUT2D eigenvalue weighted by molar-refractivity contribution is -0.166. The smallest absolute Gasteiger partial charge is 0.306 e. The zero-order chi connectivity index (χ0) is 53.6. The number of carbonyl (C=O) groups is 3. The van der Waals surface area contributed by atoms with Crippen molar-refractivity contribution in [2.45, 2.75) is 226 Å². The highest BCUT2D eigenvalue weighted by Crippen LogP contribution is 2.12. The molecule has 0 saturated carbocycles. The van der Waals surface area contributed by atoms with Crippen LogP contribution in [-0.4, -0.2) is 37.2 Å². The Kier molecular flexibility index (Phi) is 56.1. The quantitative estimate of drug-likeness (QED) is 0.0261. The Morgan fingerprint density at radius 2 is 0.554 bits per heavy atom. The van der Waals surface area contributed by atoms with Crippen LogP contribution in [0.4, 0.5) is 0 Å². The Labute approximate surface area is 453 Å². The van der Waals surface area contributed by atoms with Gasteiger partial charge in [-0.15, -0.1) is 0 Å². The molecular weight excluding hydrogens is 913 g/mol. The van der Waals surface area contributed by atoms with E-state index in [9.17, 15) is 14.4 Å². The molecule has 0 fully saturated rings. The maximum atomic E-state index is 12.8. The van der Waals surface area contributed by atoms with Crippen LogP contribution in [0, 0.1) is 0 Å². The molecular formula is C68H104O6. The van der Waals surface area contributed by atoms with Crippen LogP contribution in [0.1, 0.15) is 220 Å². The Hall–Kier alpha value is -5.23. The molecule has 0 saturated heterocycles. The fourth-order valence-corrected chi connectivity index (χ4v) is 7.15. The van der Waals surface area contributed by atoms with Crippen LogP contribution >= 0.6 is 0 Å². The molecule has 1 unspecified atom stereocenters. The van der Waals surface area contributed by atoms with E-state index in [1.165, 1.54) is 32.1 Å². The molecule has 0 bridgehead atoms. The summed E-state index contributed by atoms with van der Waals surface area (Å²) in [7, 11) is 0. The second kappa shape index (κ2) is 60.3. The predicted molar refractivity (Wildman–Crippen MR) is 320 cm³/mol. The maximum absolute atomic E-state index is 12.8. The van der Waals surface area contributed by atoms with Crippen molar-refractivity contribution in [1.82, 2.24) is 0 Å². The third kappa shape index (κ3) is 57.7. The number of unbranched alkanes of at least 4 members (excludes halogenated alkanes) is 11. The van der Waals surface area contributed by atoms with Crippen LogP contribution < -0.4 is 0 Å². The van der Waals surface area contributed by atoms with Gasteiger partial charge in [-0.25, -0.2) is 0 Å². The standard InChI is InChI=1S/C68H104O6/c1-4-7-10-13-16-19-22-25-27-29-31-32-33-34-35-36-38-39-41-43-46-49-52-55-58-61-67(70)73-64-65(63-72-66(69)60-57-54-51-48-45-24-21-18-15-12-9-6-3)74-68(71)62-59-56-53-50-47-44-42-40-37-30-28-26-23-20-17-14-11-8-5-2/h7-8,10-11,16-21,25-28,31-32,34-35,37-40,43-44,46-47,53,56,65H,4-6,9,12-15,22-24,29-30,33,36,41-42,45,48-52,54-55,57-64H2,1-3H3/b10-7-,11-8-,19-16-,20-17-,21-18-,27-25-,28-26-,32-31-,35-34-,39-38-,40-37-,46-43-,47-44-,56-53-. The van der Waals surface area contributed by atoms with Gasteiger partial charge in [0.05, 0.1) is 0 Å². The Bertz CT molecular complexity index is 1740. The van der Waals surface area contributed by atoms with Gasteiger partial charge in [-0.2, -0.15) is 0 Å². The summed E-state index contributed by atoms with van der Waals surface area (Å²) >= 11 is 0. The molecule has 0 heterocycles. The van der Waals surface area contributed by atoms with Gasteiger partial charge in [0, 0.05) is 19.3 Å². The summed E-state index contributed by atoms with van der Waals surface area (Å²) in [6.07, 6.45) is 89.3. The molecule has 1 atom stereocenters. The highest BCUT2D eigenvalue weighted by atomic mass is 16.6. The van der Waals surface area contributed by atoms with Crippen molar-refractivity contribution in [3.8, 4) is 0 Å². The molecule has 0 rings (SSSR count). The largest absolute Gasteiger partial charge is 0.462 e. The minimum absolute atomic E-state index is 0.132. The SMILES string of the molecule is CC/C=C\C/C=C\C/C=C\C/C=C\C/C=C\C/C=C\C/C=C\CCCCCC(=O)OCC(COC(=O)CCCCCCC/C=C\CCCCC)OC(=O)CC/C=C\C/C=C\C/C=C\C/C=C\C/C=C\C/C=C\CC. The topological polar surface area (TPSA) is 78.9 Å². The van der Waals surface area contributed by atoms with Crippen molar-refractivity contribution in [1.29, 1.82) is 0 Å². The Balaban J connectivity index is 4.56. The molecule has 412 valence electrons. The van der Waals surface area contributed by atoms with Gasteiger partial charge in [0.25, 0.3) is 0 Å². The van der Waals surface area contributed by atoms with Gasteiger partial charge in [-0.3, -0.25) is 14.4 Å². The summed E-state index contributed by atoms with van der Waals surface area (Å²) in [5.41, 5.74) is 0.